The van der Waals surface area contributed by atoms with Crippen molar-refractivity contribution in [1.29, 1.82) is 0 Å². The van der Waals surface area contributed by atoms with Crippen LogP contribution in [0.1, 0.15) is 22.8 Å². The van der Waals surface area contributed by atoms with Crippen LogP contribution in [0, 0.1) is 10.1 Å². The zero-order valence-electron chi connectivity index (χ0n) is 12.0. The quantitative estimate of drug-likeness (QED) is 0.509. The van der Waals surface area contributed by atoms with Gasteiger partial charge in [0.1, 0.15) is 5.75 Å². The molecule has 7 nitrogen and oxygen atoms in total. The van der Waals surface area contributed by atoms with Gasteiger partial charge in [-0.3, -0.25) is 14.9 Å². The zero-order chi connectivity index (χ0) is 17.0. The number of amides is 1. The number of hydrogen-bond acceptors (Lipinski definition) is 5. The predicted octanol–water partition coefficient (Wildman–Crippen LogP) is 3.11. The Morgan fingerprint density at radius 2 is 1.91 bits per heavy atom. The van der Waals surface area contributed by atoms with E-state index in [1.54, 1.807) is 19.1 Å². The SMILES string of the molecule is CC(=NNC(=O)c1ccc([N+](=O)[O-])cc1Cl)c1ccc(O)cc1. The smallest absolute Gasteiger partial charge is 0.272 e. The second-order valence-corrected chi connectivity index (χ2v) is 5.01. The first-order valence-corrected chi connectivity index (χ1v) is 6.84. The number of phenolic OH excluding ortho intramolecular Hbond substituents is 1. The lowest BCUT2D eigenvalue weighted by molar-refractivity contribution is -0.384. The standard InChI is InChI=1S/C15H12ClN3O4/c1-9(10-2-5-12(20)6-3-10)17-18-15(21)13-7-4-11(19(22)23)8-14(13)16/h2-8,20H,1H3,(H,18,21). The molecule has 0 fully saturated rings. The first kappa shape index (κ1) is 16.4. The van der Waals surface area contributed by atoms with Crippen molar-refractivity contribution in [3.63, 3.8) is 0 Å². The Morgan fingerprint density at radius 3 is 2.48 bits per heavy atom. The van der Waals surface area contributed by atoms with Crippen molar-refractivity contribution in [2.24, 2.45) is 5.10 Å². The zero-order valence-corrected chi connectivity index (χ0v) is 12.7. The third-order valence-electron chi connectivity index (χ3n) is 3.02. The number of benzene rings is 2. The van der Waals surface area contributed by atoms with E-state index in [-0.39, 0.29) is 22.0 Å². The highest BCUT2D eigenvalue weighted by atomic mass is 35.5. The van der Waals surface area contributed by atoms with Gasteiger partial charge in [-0.25, -0.2) is 5.43 Å². The fourth-order valence-corrected chi connectivity index (χ4v) is 2.02. The second kappa shape index (κ2) is 6.89. The maximum absolute atomic E-state index is 12.0. The number of hydrogen-bond donors (Lipinski definition) is 2. The highest BCUT2D eigenvalue weighted by Crippen LogP contribution is 2.22. The van der Waals surface area contributed by atoms with E-state index in [4.69, 9.17) is 11.6 Å². The number of nitrogens with zero attached hydrogens (tertiary/aromatic N) is 2. The lowest BCUT2D eigenvalue weighted by Crippen LogP contribution is -2.19. The molecule has 0 atom stereocenters. The molecule has 0 spiro atoms. The van der Waals surface area contributed by atoms with Gasteiger partial charge in [0.2, 0.25) is 0 Å². The molecular weight excluding hydrogens is 322 g/mol. The highest BCUT2D eigenvalue weighted by Gasteiger charge is 2.14. The van der Waals surface area contributed by atoms with Gasteiger partial charge in [0, 0.05) is 12.1 Å². The number of aromatic hydroxyl groups is 1. The lowest BCUT2D eigenvalue weighted by atomic mass is 10.1. The van der Waals surface area contributed by atoms with Gasteiger partial charge in [-0.15, -0.1) is 0 Å². The Kier molecular flexibility index (Phi) is 4.92. The number of nitrogens with one attached hydrogen (secondary N) is 1. The molecule has 0 radical (unpaired) electrons. The van der Waals surface area contributed by atoms with Crippen LogP contribution in [-0.2, 0) is 0 Å². The summed E-state index contributed by atoms with van der Waals surface area (Å²) in [7, 11) is 0. The van der Waals surface area contributed by atoms with E-state index in [9.17, 15) is 20.0 Å². The molecule has 0 aliphatic heterocycles. The van der Waals surface area contributed by atoms with Crippen molar-refractivity contribution >= 4 is 28.9 Å². The van der Waals surface area contributed by atoms with Crippen molar-refractivity contribution in [3.8, 4) is 5.75 Å². The van der Waals surface area contributed by atoms with Gasteiger partial charge in [-0.2, -0.15) is 5.10 Å². The molecule has 0 aromatic heterocycles. The number of carbonyl (C=O) groups excluding carboxylic acids is 1. The maximum atomic E-state index is 12.0. The average molecular weight is 334 g/mol. The van der Waals surface area contributed by atoms with E-state index in [2.05, 4.69) is 10.5 Å². The minimum atomic E-state index is -0.597. The number of non-ortho nitro benzene ring substituents is 1. The van der Waals surface area contributed by atoms with Crippen LogP contribution in [0.25, 0.3) is 0 Å². The van der Waals surface area contributed by atoms with Crippen molar-refractivity contribution < 1.29 is 14.8 Å². The van der Waals surface area contributed by atoms with Gasteiger partial charge in [0.05, 0.1) is 21.2 Å². The number of carbonyl (C=O) groups is 1. The first-order chi connectivity index (χ1) is 10.9. The fraction of sp³-hybridized carbons (Fsp3) is 0.0667. The number of nitro benzene ring substituents is 1. The molecular formula is C15H12ClN3O4. The number of halogens is 1. The lowest BCUT2D eigenvalue weighted by Gasteiger charge is -2.05. The summed E-state index contributed by atoms with van der Waals surface area (Å²) < 4.78 is 0. The maximum Gasteiger partial charge on any atom is 0.272 e. The Bertz CT molecular complexity index is 788. The predicted molar refractivity (Wildman–Crippen MR) is 85.9 cm³/mol. The van der Waals surface area contributed by atoms with E-state index in [0.29, 0.717) is 5.71 Å². The summed E-state index contributed by atoms with van der Waals surface area (Å²) in [6.45, 7) is 1.68. The number of nitro groups is 1. The summed E-state index contributed by atoms with van der Waals surface area (Å²) >= 11 is 5.88. The fourth-order valence-electron chi connectivity index (χ4n) is 1.76. The topological polar surface area (TPSA) is 105 Å². The molecule has 2 rings (SSSR count). The van der Waals surface area contributed by atoms with Crippen LogP contribution in [0.4, 0.5) is 5.69 Å². The van der Waals surface area contributed by atoms with E-state index in [0.717, 1.165) is 11.6 Å². The third kappa shape index (κ3) is 4.04. The van der Waals surface area contributed by atoms with Gasteiger partial charge in [0.25, 0.3) is 11.6 Å². The molecule has 0 unspecified atom stereocenters. The molecule has 0 saturated heterocycles. The van der Waals surface area contributed by atoms with E-state index < -0.39 is 10.8 Å². The van der Waals surface area contributed by atoms with Crippen molar-refractivity contribution in [2.75, 3.05) is 0 Å². The van der Waals surface area contributed by atoms with Gasteiger partial charge in [0.15, 0.2) is 0 Å². The van der Waals surface area contributed by atoms with Crippen LogP contribution in [0.15, 0.2) is 47.6 Å². The van der Waals surface area contributed by atoms with Crippen molar-refractivity contribution in [1.82, 2.24) is 5.43 Å². The molecule has 0 bridgehead atoms. The van der Waals surface area contributed by atoms with Crippen molar-refractivity contribution in [3.05, 3.63) is 68.7 Å². The molecule has 0 heterocycles. The molecule has 2 N–H and O–H groups in total. The molecule has 0 aliphatic carbocycles. The van der Waals surface area contributed by atoms with Gasteiger partial charge in [-0.1, -0.05) is 11.6 Å². The van der Waals surface area contributed by atoms with Crippen LogP contribution in [0.3, 0.4) is 0 Å². The van der Waals surface area contributed by atoms with E-state index in [1.807, 2.05) is 0 Å². The number of rotatable bonds is 4. The monoisotopic (exact) mass is 333 g/mol. The van der Waals surface area contributed by atoms with Crippen LogP contribution in [-0.4, -0.2) is 21.6 Å². The minimum absolute atomic E-state index is 0.0332. The molecule has 23 heavy (non-hydrogen) atoms. The Morgan fingerprint density at radius 1 is 1.26 bits per heavy atom. The summed E-state index contributed by atoms with van der Waals surface area (Å²) in [5.41, 5.74) is 3.46. The summed E-state index contributed by atoms with van der Waals surface area (Å²) in [6.07, 6.45) is 0. The van der Waals surface area contributed by atoms with Crippen LogP contribution < -0.4 is 5.43 Å². The summed E-state index contributed by atoms with van der Waals surface area (Å²) in [4.78, 5) is 22.1. The van der Waals surface area contributed by atoms with E-state index >= 15 is 0 Å². The molecule has 0 saturated carbocycles. The Labute approximate surface area is 136 Å². The van der Waals surface area contributed by atoms with Gasteiger partial charge >= 0.3 is 0 Å². The summed E-state index contributed by atoms with van der Waals surface area (Å²) in [6, 6.07) is 9.87. The summed E-state index contributed by atoms with van der Waals surface area (Å²) in [5, 5.41) is 23.8. The highest BCUT2D eigenvalue weighted by molar-refractivity contribution is 6.34. The molecule has 118 valence electrons. The Balaban J connectivity index is 2.14. The van der Waals surface area contributed by atoms with Crippen LogP contribution in [0.2, 0.25) is 5.02 Å². The average Bonchev–Trinajstić information content (AvgIpc) is 2.52. The molecule has 1 amide bonds. The number of phenols is 1. The van der Waals surface area contributed by atoms with Crippen molar-refractivity contribution in [2.45, 2.75) is 6.92 Å². The van der Waals surface area contributed by atoms with Gasteiger partial charge < -0.3 is 5.11 Å². The molecule has 8 heteroatoms. The normalized spacial score (nSPS) is 11.1. The first-order valence-electron chi connectivity index (χ1n) is 6.46. The van der Waals surface area contributed by atoms with Crippen LogP contribution >= 0.6 is 11.6 Å². The Hall–Kier alpha value is -2.93. The minimum Gasteiger partial charge on any atom is -0.508 e. The second-order valence-electron chi connectivity index (χ2n) is 4.61. The molecule has 2 aromatic rings. The van der Waals surface area contributed by atoms with Crippen LogP contribution in [0.5, 0.6) is 5.75 Å². The largest absolute Gasteiger partial charge is 0.508 e. The third-order valence-corrected chi connectivity index (χ3v) is 3.33. The summed E-state index contributed by atoms with van der Waals surface area (Å²) in [5.74, 6) is -0.453. The number of hydrazone groups is 1. The van der Waals surface area contributed by atoms with Gasteiger partial charge in [-0.05, 0) is 42.8 Å². The molecule has 0 aliphatic rings. The van der Waals surface area contributed by atoms with E-state index in [1.165, 1.54) is 24.3 Å². The molecule has 2 aromatic carbocycles.